The molecule has 0 radical (unpaired) electrons. The minimum atomic E-state index is 0.589. The molecule has 1 heterocycles. The van der Waals surface area contributed by atoms with Crippen molar-refractivity contribution in [3.8, 4) is 23.0 Å². The largest absolute Gasteiger partial charge is 0.497 e. The molecular formula is C15H13NO3. The Balaban J connectivity index is 2.04. The second-order valence-corrected chi connectivity index (χ2v) is 4.08. The van der Waals surface area contributed by atoms with Gasteiger partial charge in [-0.3, -0.25) is 0 Å². The molecular weight excluding hydrogens is 242 g/mol. The van der Waals surface area contributed by atoms with E-state index in [0.717, 1.165) is 28.2 Å². The third-order valence-corrected chi connectivity index (χ3v) is 2.93. The number of methoxy groups -OCH3 is 2. The zero-order chi connectivity index (χ0) is 13.2. The van der Waals surface area contributed by atoms with Gasteiger partial charge in [-0.1, -0.05) is 0 Å². The zero-order valence-corrected chi connectivity index (χ0v) is 10.7. The topological polar surface area (TPSA) is 44.5 Å². The third-order valence-electron chi connectivity index (χ3n) is 2.93. The molecule has 0 amide bonds. The first-order valence-electron chi connectivity index (χ1n) is 5.89. The summed E-state index contributed by atoms with van der Waals surface area (Å²) in [7, 11) is 3.27. The van der Waals surface area contributed by atoms with Gasteiger partial charge in [0.15, 0.2) is 5.58 Å². The summed E-state index contributed by atoms with van der Waals surface area (Å²) in [5.74, 6) is 2.16. The lowest BCUT2D eigenvalue weighted by atomic mass is 10.2. The van der Waals surface area contributed by atoms with Crippen molar-refractivity contribution in [1.29, 1.82) is 0 Å². The van der Waals surface area contributed by atoms with Crippen molar-refractivity contribution in [3.05, 3.63) is 42.5 Å². The molecule has 0 fully saturated rings. The lowest BCUT2D eigenvalue weighted by molar-refractivity contribution is 0.415. The Morgan fingerprint density at radius 2 is 1.58 bits per heavy atom. The van der Waals surface area contributed by atoms with Gasteiger partial charge in [-0.2, -0.15) is 0 Å². The molecule has 1 aromatic heterocycles. The minimum Gasteiger partial charge on any atom is -0.497 e. The van der Waals surface area contributed by atoms with E-state index in [9.17, 15) is 0 Å². The van der Waals surface area contributed by atoms with Crippen molar-refractivity contribution in [3.63, 3.8) is 0 Å². The Hall–Kier alpha value is -2.49. The molecule has 3 aromatic rings. The standard InChI is InChI=1S/C15H13NO3/c1-17-11-5-3-10(4-6-11)15-16-13-9-12(18-2)7-8-14(13)19-15/h3-9H,1-2H3. The Bertz CT molecular complexity index is 701. The first kappa shape index (κ1) is 11.6. The van der Waals surface area contributed by atoms with E-state index in [-0.39, 0.29) is 0 Å². The zero-order valence-electron chi connectivity index (χ0n) is 10.7. The van der Waals surface area contributed by atoms with Crippen molar-refractivity contribution in [2.75, 3.05) is 14.2 Å². The number of fused-ring (bicyclic) bond motifs is 1. The summed E-state index contributed by atoms with van der Waals surface area (Å²) in [4.78, 5) is 4.46. The highest BCUT2D eigenvalue weighted by Gasteiger charge is 2.09. The molecule has 0 aliphatic rings. The summed E-state index contributed by atoms with van der Waals surface area (Å²) in [5, 5.41) is 0. The van der Waals surface area contributed by atoms with E-state index in [1.807, 2.05) is 42.5 Å². The number of benzene rings is 2. The minimum absolute atomic E-state index is 0.589. The van der Waals surface area contributed by atoms with E-state index in [1.54, 1.807) is 14.2 Å². The number of oxazole rings is 1. The number of hydrogen-bond donors (Lipinski definition) is 0. The Kier molecular flexibility index (Phi) is 2.83. The van der Waals surface area contributed by atoms with E-state index in [4.69, 9.17) is 13.9 Å². The van der Waals surface area contributed by atoms with Gasteiger partial charge in [0.25, 0.3) is 0 Å². The van der Waals surface area contributed by atoms with Crippen molar-refractivity contribution < 1.29 is 13.9 Å². The van der Waals surface area contributed by atoms with Gasteiger partial charge in [-0.25, -0.2) is 4.98 Å². The van der Waals surface area contributed by atoms with Gasteiger partial charge >= 0.3 is 0 Å². The summed E-state index contributed by atoms with van der Waals surface area (Å²) < 4.78 is 16.0. The van der Waals surface area contributed by atoms with Crippen LogP contribution in [0.1, 0.15) is 0 Å². The highest BCUT2D eigenvalue weighted by atomic mass is 16.5. The van der Waals surface area contributed by atoms with Crippen LogP contribution in [0.5, 0.6) is 11.5 Å². The van der Waals surface area contributed by atoms with E-state index >= 15 is 0 Å². The SMILES string of the molecule is COc1ccc(-c2nc3cc(OC)ccc3o2)cc1. The summed E-state index contributed by atoms with van der Waals surface area (Å²) in [6.45, 7) is 0. The van der Waals surface area contributed by atoms with Gasteiger partial charge in [0.1, 0.15) is 17.0 Å². The molecule has 0 spiro atoms. The molecule has 0 unspecified atom stereocenters. The molecule has 4 heteroatoms. The maximum Gasteiger partial charge on any atom is 0.227 e. The van der Waals surface area contributed by atoms with Crippen LogP contribution in [-0.4, -0.2) is 19.2 Å². The van der Waals surface area contributed by atoms with Crippen molar-refractivity contribution >= 4 is 11.1 Å². The summed E-state index contributed by atoms with van der Waals surface area (Å²) in [6.07, 6.45) is 0. The second-order valence-electron chi connectivity index (χ2n) is 4.08. The van der Waals surface area contributed by atoms with Gasteiger partial charge in [0, 0.05) is 11.6 Å². The van der Waals surface area contributed by atoms with Crippen LogP contribution in [0.25, 0.3) is 22.6 Å². The molecule has 4 nitrogen and oxygen atoms in total. The normalized spacial score (nSPS) is 10.6. The van der Waals surface area contributed by atoms with Gasteiger partial charge in [-0.05, 0) is 36.4 Å². The van der Waals surface area contributed by atoms with Crippen LogP contribution in [0.2, 0.25) is 0 Å². The molecule has 0 bridgehead atoms. The van der Waals surface area contributed by atoms with Crippen LogP contribution in [0.15, 0.2) is 46.9 Å². The molecule has 19 heavy (non-hydrogen) atoms. The van der Waals surface area contributed by atoms with E-state index in [1.165, 1.54) is 0 Å². The maximum absolute atomic E-state index is 5.72. The van der Waals surface area contributed by atoms with Gasteiger partial charge < -0.3 is 13.9 Å². The van der Waals surface area contributed by atoms with Crippen LogP contribution in [0.4, 0.5) is 0 Å². The highest BCUT2D eigenvalue weighted by Crippen LogP contribution is 2.27. The summed E-state index contributed by atoms with van der Waals surface area (Å²) in [6, 6.07) is 13.2. The van der Waals surface area contributed by atoms with E-state index in [2.05, 4.69) is 4.98 Å². The predicted octanol–water partition coefficient (Wildman–Crippen LogP) is 3.51. The van der Waals surface area contributed by atoms with E-state index < -0.39 is 0 Å². The molecule has 2 aromatic carbocycles. The quantitative estimate of drug-likeness (QED) is 0.718. The van der Waals surface area contributed by atoms with Crippen molar-refractivity contribution in [2.24, 2.45) is 0 Å². The number of aromatic nitrogens is 1. The van der Waals surface area contributed by atoms with Crippen molar-refractivity contribution in [2.45, 2.75) is 0 Å². The number of nitrogens with zero attached hydrogens (tertiary/aromatic N) is 1. The smallest absolute Gasteiger partial charge is 0.227 e. The van der Waals surface area contributed by atoms with Crippen LogP contribution >= 0.6 is 0 Å². The number of rotatable bonds is 3. The fraction of sp³-hybridized carbons (Fsp3) is 0.133. The highest BCUT2D eigenvalue weighted by molar-refractivity contribution is 5.77. The average molecular weight is 255 g/mol. The summed E-state index contributed by atoms with van der Waals surface area (Å²) in [5.41, 5.74) is 2.44. The van der Waals surface area contributed by atoms with Gasteiger partial charge in [-0.15, -0.1) is 0 Å². The van der Waals surface area contributed by atoms with Crippen LogP contribution < -0.4 is 9.47 Å². The molecule has 0 atom stereocenters. The van der Waals surface area contributed by atoms with Crippen LogP contribution in [0.3, 0.4) is 0 Å². The molecule has 0 aliphatic heterocycles. The lowest BCUT2D eigenvalue weighted by Gasteiger charge is -1.99. The molecule has 0 N–H and O–H groups in total. The Labute approximate surface area is 110 Å². The van der Waals surface area contributed by atoms with Gasteiger partial charge in [0.05, 0.1) is 14.2 Å². The molecule has 96 valence electrons. The first-order valence-corrected chi connectivity index (χ1v) is 5.89. The monoisotopic (exact) mass is 255 g/mol. The molecule has 0 saturated heterocycles. The van der Waals surface area contributed by atoms with Gasteiger partial charge in [0.2, 0.25) is 5.89 Å². The summed E-state index contributed by atoms with van der Waals surface area (Å²) >= 11 is 0. The molecule has 3 rings (SSSR count). The molecule has 0 saturated carbocycles. The molecule has 0 aliphatic carbocycles. The predicted molar refractivity (Wildman–Crippen MR) is 72.5 cm³/mol. The maximum atomic E-state index is 5.72. The first-order chi connectivity index (χ1) is 9.30. The fourth-order valence-corrected chi connectivity index (χ4v) is 1.89. The number of ether oxygens (including phenoxy) is 2. The number of hydrogen-bond acceptors (Lipinski definition) is 4. The Morgan fingerprint density at radius 1 is 0.895 bits per heavy atom. The van der Waals surface area contributed by atoms with E-state index in [0.29, 0.717) is 5.89 Å². The third kappa shape index (κ3) is 2.12. The average Bonchev–Trinajstić information content (AvgIpc) is 2.90. The second kappa shape index (κ2) is 4.65. The van der Waals surface area contributed by atoms with Crippen molar-refractivity contribution in [1.82, 2.24) is 4.98 Å². The Morgan fingerprint density at radius 3 is 2.26 bits per heavy atom. The van der Waals surface area contributed by atoms with Crippen LogP contribution in [0, 0.1) is 0 Å². The fourth-order valence-electron chi connectivity index (χ4n) is 1.89. The van der Waals surface area contributed by atoms with Crippen LogP contribution in [-0.2, 0) is 0 Å². The lowest BCUT2D eigenvalue weighted by Crippen LogP contribution is -1.82.